The summed E-state index contributed by atoms with van der Waals surface area (Å²) < 4.78 is 0. The minimum Gasteiger partial charge on any atom is -0.322 e. The van der Waals surface area contributed by atoms with Gasteiger partial charge in [0.05, 0.1) is 0 Å². The lowest BCUT2D eigenvalue weighted by Gasteiger charge is -2.09. The Balaban J connectivity index is 1.60. The zero-order valence-corrected chi connectivity index (χ0v) is 17.6. The third kappa shape index (κ3) is 5.90. The number of rotatable bonds is 6. The fourth-order valence-corrected chi connectivity index (χ4v) is 3.95. The predicted octanol–water partition coefficient (Wildman–Crippen LogP) is 7.25. The highest BCUT2D eigenvalue weighted by molar-refractivity contribution is 7.98. The molecule has 0 aliphatic carbocycles. The van der Waals surface area contributed by atoms with E-state index in [1.165, 1.54) is 16.5 Å². The van der Waals surface area contributed by atoms with Crippen molar-refractivity contribution in [3.05, 3.63) is 99.5 Å². The second-order valence-electron chi connectivity index (χ2n) is 6.24. The maximum atomic E-state index is 12.2. The number of amides is 1. The van der Waals surface area contributed by atoms with Gasteiger partial charge in [-0.25, -0.2) is 0 Å². The first-order valence-corrected chi connectivity index (χ1v) is 10.5. The average Bonchev–Trinajstić information content (AvgIpc) is 2.68. The average molecular weight is 428 g/mol. The van der Waals surface area contributed by atoms with Gasteiger partial charge in [-0.2, -0.15) is 0 Å². The van der Waals surface area contributed by atoms with Gasteiger partial charge in [0, 0.05) is 32.5 Å². The molecule has 0 spiro atoms. The van der Waals surface area contributed by atoms with Gasteiger partial charge in [0.15, 0.2) is 0 Å². The number of carbonyl (C=O) groups excluding carboxylic acids is 1. The maximum absolute atomic E-state index is 12.2. The Bertz CT molecular complexity index is 1000. The van der Waals surface area contributed by atoms with Gasteiger partial charge in [-0.1, -0.05) is 59.6 Å². The van der Waals surface area contributed by atoms with Gasteiger partial charge < -0.3 is 5.32 Å². The summed E-state index contributed by atoms with van der Waals surface area (Å²) in [4.78, 5) is 13.5. The van der Waals surface area contributed by atoms with E-state index in [0.717, 1.165) is 22.6 Å². The SMILES string of the molecule is Cc1cc(CSc2ccccc2)ccc1NC(=O)/C=C/c1ccc(Cl)cc1Cl. The first-order valence-electron chi connectivity index (χ1n) is 8.73. The lowest BCUT2D eigenvalue weighted by atomic mass is 10.1. The highest BCUT2D eigenvalue weighted by Crippen LogP contribution is 2.25. The molecule has 142 valence electrons. The van der Waals surface area contributed by atoms with Crippen LogP contribution in [0.3, 0.4) is 0 Å². The van der Waals surface area contributed by atoms with E-state index in [9.17, 15) is 4.79 Å². The molecule has 0 heterocycles. The molecule has 0 radical (unpaired) electrons. The summed E-state index contributed by atoms with van der Waals surface area (Å²) >= 11 is 13.8. The zero-order valence-electron chi connectivity index (χ0n) is 15.3. The summed E-state index contributed by atoms with van der Waals surface area (Å²) in [6, 6.07) is 21.5. The van der Waals surface area contributed by atoms with Crippen LogP contribution in [0.1, 0.15) is 16.7 Å². The second-order valence-corrected chi connectivity index (χ2v) is 8.13. The number of halogens is 2. The molecule has 0 bridgehead atoms. The normalized spacial score (nSPS) is 11.0. The van der Waals surface area contributed by atoms with Crippen LogP contribution in [0.4, 0.5) is 5.69 Å². The molecule has 28 heavy (non-hydrogen) atoms. The molecular weight excluding hydrogens is 409 g/mol. The molecule has 0 saturated heterocycles. The van der Waals surface area contributed by atoms with Crippen molar-refractivity contribution >= 4 is 52.6 Å². The topological polar surface area (TPSA) is 29.1 Å². The number of benzene rings is 3. The monoisotopic (exact) mass is 427 g/mol. The van der Waals surface area contributed by atoms with Crippen LogP contribution >= 0.6 is 35.0 Å². The molecule has 0 unspecified atom stereocenters. The summed E-state index contributed by atoms with van der Waals surface area (Å²) in [5.41, 5.74) is 3.78. The Kier molecular flexibility index (Phi) is 7.21. The number of nitrogens with one attached hydrogen (secondary N) is 1. The van der Waals surface area contributed by atoms with Crippen molar-refractivity contribution < 1.29 is 4.79 Å². The van der Waals surface area contributed by atoms with E-state index in [-0.39, 0.29) is 5.91 Å². The number of hydrogen-bond acceptors (Lipinski definition) is 2. The zero-order chi connectivity index (χ0) is 19.9. The molecule has 0 aliphatic heterocycles. The van der Waals surface area contributed by atoms with E-state index in [0.29, 0.717) is 10.0 Å². The molecule has 3 aromatic rings. The van der Waals surface area contributed by atoms with E-state index in [1.54, 1.807) is 36.0 Å². The molecule has 0 saturated carbocycles. The number of aryl methyl sites for hydroxylation is 1. The van der Waals surface area contributed by atoms with Crippen LogP contribution in [-0.2, 0) is 10.5 Å². The van der Waals surface area contributed by atoms with Crippen molar-refractivity contribution in [2.24, 2.45) is 0 Å². The van der Waals surface area contributed by atoms with E-state index in [1.807, 2.05) is 37.3 Å². The number of anilines is 1. The fraction of sp³-hybridized carbons (Fsp3) is 0.0870. The Morgan fingerprint density at radius 3 is 2.54 bits per heavy atom. The summed E-state index contributed by atoms with van der Waals surface area (Å²) in [5.74, 6) is 0.675. The summed E-state index contributed by atoms with van der Waals surface area (Å²) in [7, 11) is 0. The first kappa shape index (κ1) is 20.5. The molecule has 3 aromatic carbocycles. The number of hydrogen-bond donors (Lipinski definition) is 1. The summed E-state index contributed by atoms with van der Waals surface area (Å²) in [6.45, 7) is 1.99. The van der Waals surface area contributed by atoms with E-state index in [2.05, 4.69) is 23.5 Å². The van der Waals surface area contributed by atoms with Crippen molar-refractivity contribution in [2.45, 2.75) is 17.6 Å². The van der Waals surface area contributed by atoms with Crippen LogP contribution < -0.4 is 5.32 Å². The minimum absolute atomic E-state index is 0.208. The smallest absolute Gasteiger partial charge is 0.248 e. The van der Waals surface area contributed by atoms with Gasteiger partial charge in [0.1, 0.15) is 0 Å². The molecular formula is C23H19Cl2NOS. The second kappa shape index (κ2) is 9.83. The number of carbonyl (C=O) groups is 1. The minimum atomic E-state index is -0.208. The van der Waals surface area contributed by atoms with E-state index < -0.39 is 0 Å². The van der Waals surface area contributed by atoms with E-state index in [4.69, 9.17) is 23.2 Å². The molecule has 1 N–H and O–H groups in total. The van der Waals surface area contributed by atoms with E-state index >= 15 is 0 Å². The van der Waals surface area contributed by atoms with Crippen LogP contribution in [0.5, 0.6) is 0 Å². The van der Waals surface area contributed by atoms with Crippen molar-refractivity contribution in [2.75, 3.05) is 5.32 Å². The van der Waals surface area contributed by atoms with Gasteiger partial charge in [0.25, 0.3) is 0 Å². The van der Waals surface area contributed by atoms with Crippen molar-refractivity contribution in [1.29, 1.82) is 0 Å². The lowest BCUT2D eigenvalue weighted by molar-refractivity contribution is -0.111. The molecule has 3 rings (SSSR count). The molecule has 0 aromatic heterocycles. The Morgan fingerprint density at radius 1 is 1.04 bits per heavy atom. The van der Waals surface area contributed by atoms with Crippen LogP contribution in [0, 0.1) is 6.92 Å². The quantitative estimate of drug-likeness (QED) is 0.331. The highest BCUT2D eigenvalue weighted by atomic mass is 35.5. The number of thioether (sulfide) groups is 1. The highest BCUT2D eigenvalue weighted by Gasteiger charge is 2.05. The predicted molar refractivity (Wildman–Crippen MR) is 121 cm³/mol. The van der Waals surface area contributed by atoms with Crippen LogP contribution in [-0.4, -0.2) is 5.91 Å². The molecule has 0 aliphatic rings. The van der Waals surface area contributed by atoms with Crippen LogP contribution in [0.15, 0.2) is 77.7 Å². The Hall–Kier alpha value is -2.20. The Labute approximate surface area is 179 Å². The molecule has 1 amide bonds. The van der Waals surface area contributed by atoms with Gasteiger partial charge in [-0.3, -0.25) is 4.79 Å². The van der Waals surface area contributed by atoms with Crippen LogP contribution in [0.2, 0.25) is 10.0 Å². The first-order chi connectivity index (χ1) is 13.5. The van der Waals surface area contributed by atoms with Gasteiger partial charge in [-0.15, -0.1) is 11.8 Å². The summed E-state index contributed by atoms with van der Waals surface area (Å²) in [5, 5.41) is 3.98. The molecule has 0 fully saturated rings. The van der Waals surface area contributed by atoms with Crippen molar-refractivity contribution in [3.63, 3.8) is 0 Å². The van der Waals surface area contributed by atoms with Crippen molar-refractivity contribution in [3.8, 4) is 0 Å². The van der Waals surface area contributed by atoms with Gasteiger partial charge >= 0.3 is 0 Å². The van der Waals surface area contributed by atoms with Crippen LogP contribution in [0.25, 0.3) is 6.08 Å². The summed E-state index contributed by atoms with van der Waals surface area (Å²) in [6.07, 6.45) is 3.14. The third-order valence-corrected chi connectivity index (χ3v) is 5.72. The maximum Gasteiger partial charge on any atom is 0.248 e. The molecule has 5 heteroatoms. The fourth-order valence-electron chi connectivity index (χ4n) is 2.62. The Morgan fingerprint density at radius 2 is 1.82 bits per heavy atom. The lowest BCUT2D eigenvalue weighted by Crippen LogP contribution is -2.09. The third-order valence-electron chi connectivity index (χ3n) is 4.07. The molecule has 0 atom stereocenters. The molecule has 2 nitrogen and oxygen atoms in total. The standard InChI is InChI=1S/C23H19Cl2NOS/c1-16-13-17(15-28-20-5-3-2-4-6-20)7-11-22(16)26-23(27)12-9-18-8-10-19(24)14-21(18)25/h2-14H,15H2,1H3,(H,26,27)/b12-9+. The van der Waals surface area contributed by atoms with Gasteiger partial charge in [-0.05, 0) is 60.0 Å². The van der Waals surface area contributed by atoms with Gasteiger partial charge in [0.2, 0.25) is 5.91 Å². The largest absolute Gasteiger partial charge is 0.322 e. The van der Waals surface area contributed by atoms with Crippen molar-refractivity contribution in [1.82, 2.24) is 0 Å².